The highest BCUT2D eigenvalue weighted by molar-refractivity contribution is 5.44. The molecule has 1 fully saturated rings. The minimum Gasteiger partial charge on any atom is -0.490 e. The Balaban J connectivity index is 1.76. The third-order valence-electron chi connectivity index (χ3n) is 4.65. The summed E-state index contributed by atoms with van der Waals surface area (Å²) in [6.07, 6.45) is 0. The molecular weight excluding hydrogens is 328 g/mol. The van der Waals surface area contributed by atoms with Crippen LogP contribution in [0.25, 0.3) is 0 Å². The number of nitrogens with one attached hydrogen (secondary N) is 1. The predicted molar refractivity (Wildman–Crippen MR) is 103 cm³/mol. The summed E-state index contributed by atoms with van der Waals surface area (Å²) in [5, 5.41) is 13.3. The molecule has 5 nitrogen and oxygen atoms in total. The molecule has 1 saturated heterocycles. The number of rotatable bonds is 8. The molecule has 5 heteroatoms. The van der Waals surface area contributed by atoms with Crippen LogP contribution in [0.15, 0.2) is 48.5 Å². The molecule has 140 valence electrons. The smallest absolute Gasteiger partial charge is 0.161 e. The van der Waals surface area contributed by atoms with E-state index >= 15 is 0 Å². The molecule has 2 aromatic rings. The molecule has 0 bridgehead atoms. The van der Waals surface area contributed by atoms with Crippen LogP contribution >= 0.6 is 0 Å². The molecule has 1 aliphatic rings. The molecule has 0 spiro atoms. The predicted octanol–water partition coefficient (Wildman–Crippen LogP) is 2.60. The van der Waals surface area contributed by atoms with E-state index in [9.17, 15) is 5.11 Å². The first kappa shape index (κ1) is 18.7. The molecule has 0 aliphatic carbocycles. The molecule has 26 heavy (non-hydrogen) atoms. The molecular formula is C21H28N2O3. The van der Waals surface area contributed by atoms with Gasteiger partial charge in [0.25, 0.3) is 0 Å². The maximum Gasteiger partial charge on any atom is 0.161 e. The van der Waals surface area contributed by atoms with Crippen molar-refractivity contribution >= 4 is 0 Å². The van der Waals surface area contributed by atoms with Gasteiger partial charge in [-0.05, 0) is 30.2 Å². The Hall–Kier alpha value is -2.08. The van der Waals surface area contributed by atoms with Crippen molar-refractivity contribution in [2.45, 2.75) is 19.6 Å². The van der Waals surface area contributed by atoms with Gasteiger partial charge in [0, 0.05) is 26.2 Å². The van der Waals surface area contributed by atoms with Gasteiger partial charge >= 0.3 is 0 Å². The zero-order valence-electron chi connectivity index (χ0n) is 15.4. The number of ether oxygens (including phenoxy) is 2. The van der Waals surface area contributed by atoms with Gasteiger partial charge in [-0.1, -0.05) is 36.4 Å². The lowest BCUT2D eigenvalue weighted by Gasteiger charge is -2.34. The number of hydrogen-bond donors (Lipinski definition) is 2. The summed E-state index contributed by atoms with van der Waals surface area (Å²) in [5.74, 6) is 1.46. The van der Waals surface area contributed by atoms with Crippen molar-refractivity contribution in [2.24, 2.45) is 0 Å². The first-order valence-corrected chi connectivity index (χ1v) is 9.31. The van der Waals surface area contributed by atoms with Crippen LogP contribution in [0.2, 0.25) is 0 Å². The monoisotopic (exact) mass is 356 g/mol. The number of aliphatic hydroxyl groups is 1. The molecule has 1 heterocycles. The average Bonchev–Trinajstić information content (AvgIpc) is 2.70. The van der Waals surface area contributed by atoms with Crippen LogP contribution < -0.4 is 14.8 Å². The van der Waals surface area contributed by atoms with Crippen molar-refractivity contribution in [3.8, 4) is 11.5 Å². The van der Waals surface area contributed by atoms with Crippen molar-refractivity contribution in [3.05, 3.63) is 59.7 Å². The van der Waals surface area contributed by atoms with Gasteiger partial charge in [0.1, 0.15) is 6.61 Å². The normalized spacial score (nSPS) is 16.2. The van der Waals surface area contributed by atoms with E-state index in [-0.39, 0.29) is 12.6 Å². The Bertz CT molecular complexity index is 672. The maximum atomic E-state index is 9.94. The van der Waals surface area contributed by atoms with E-state index in [1.54, 1.807) is 0 Å². The van der Waals surface area contributed by atoms with E-state index < -0.39 is 0 Å². The number of aliphatic hydroxyl groups excluding tert-OH is 1. The standard InChI is InChI=1S/C21H28N2O3/c1-2-25-21-14-18(19(15-24)23-12-10-22-11-13-23)8-9-20(21)26-16-17-6-4-3-5-7-17/h3-9,14,19,22,24H,2,10-13,15-16H2,1H3/t19-/m0/s1. The Morgan fingerprint density at radius 1 is 1.04 bits per heavy atom. The number of benzene rings is 2. The van der Waals surface area contributed by atoms with Crippen LogP contribution in [0.1, 0.15) is 24.1 Å². The minimum absolute atomic E-state index is 0.0144. The zero-order valence-corrected chi connectivity index (χ0v) is 15.4. The molecule has 0 saturated carbocycles. The first-order chi connectivity index (χ1) is 12.8. The Morgan fingerprint density at radius 3 is 2.50 bits per heavy atom. The van der Waals surface area contributed by atoms with Crippen LogP contribution in [0.3, 0.4) is 0 Å². The second kappa shape index (κ2) is 9.57. The fraction of sp³-hybridized carbons (Fsp3) is 0.429. The molecule has 0 aromatic heterocycles. The molecule has 3 rings (SSSR count). The van der Waals surface area contributed by atoms with Gasteiger partial charge in [-0.15, -0.1) is 0 Å². The van der Waals surface area contributed by atoms with Crippen molar-refractivity contribution < 1.29 is 14.6 Å². The summed E-state index contributed by atoms with van der Waals surface area (Å²) in [4.78, 5) is 2.31. The lowest BCUT2D eigenvalue weighted by Crippen LogP contribution is -2.46. The highest BCUT2D eigenvalue weighted by Crippen LogP contribution is 2.33. The largest absolute Gasteiger partial charge is 0.490 e. The van der Waals surface area contributed by atoms with Gasteiger partial charge in [-0.2, -0.15) is 0 Å². The summed E-state index contributed by atoms with van der Waals surface area (Å²) in [7, 11) is 0. The summed E-state index contributed by atoms with van der Waals surface area (Å²) < 4.78 is 11.8. The molecule has 2 N–H and O–H groups in total. The SMILES string of the molecule is CCOc1cc([C@H](CO)N2CCNCC2)ccc1OCc1ccccc1. The zero-order chi connectivity index (χ0) is 18.2. The highest BCUT2D eigenvalue weighted by Gasteiger charge is 2.22. The molecule has 0 unspecified atom stereocenters. The Morgan fingerprint density at radius 2 is 1.81 bits per heavy atom. The van der Waals surface area contributed by atoms with E-state index in [2.05, 4.69) is 10.2 Å². The number of hydrogen-bond acceptors (Lipinski definition) is 5. The molecule has 0 amide bonds. The maximum absolute atomic E-state index is 9.94. The quantitative estimate of drug-likeness (QED) is 0.761. The van der Waals surface area contributed by atoms with Gasteiger partial charge in [0.05, 0.1) is 19.3 Å². The van der Waals surface area contributed by atoms with Gasteiger partial charge in [0.15, 0.2) is 11.5 Å². The average molecular weight is 356 g/mol. The molecule has 0 radical (unpaired) electrons. The third kappa shape index (κ3) is 4.75. The summed E-state index contributed by atoms with van der Waals surface area (Å²) in [6, 6.07) is 16.1. The third-order valence-corrected chi connectivity index (χ3v) is 4.65. The van der Waals surface area contributed by atoms with E-state index in [1.165, 1.54) is 0 Å². The van der Waals surface area contributed by atoms with Gasteiger partial charge in [0.2, 0.25) is 0 Å². The van der Waals surface area contributed by atoms with E-state index in [1.807, 2.05) is 55.5 Å². The lowest BCUT2D eigenvalue weighted by atomic mass is 10.0. The number of piperazine rings is 1. The van der Waals surface area contributed by atoms with Crippen LogP contribution in [0.4, 0.5) is 0 Å². The van der Waals surface area contributed by atoms with E-state index in [0.29, 0.717) is 13.2 Å². The van der Waals surface area contributed by atoms with Gasteiger partial charge in [-0.3, -0.25) is 4.90 Å². The van der Waals surface area contributed by atoms with Crippen LogP contribution in [0, 0.1) is 0 Å². The molecule has 2 aromatic carbocycles. The van der Waals surface area contributed by atoms with Crippen molar-refractivity contribution in [2.75, 3.05) is 39.4 Å². The van der Waals surface area contributed by atoms with Gasteiger partial charge < -0.3 is 19.9 Å². The van der Waals surface area contributed by atoms with Crippen LogP contribution in [-0.2, 0) is 6.61 Å². The molecule has 1 aliphatic heterocycles. The second-order valence-corrected chi connectivity index (χ2v) is 6.40. The van der Waals surface area contributed by atoms with E-state index in [0.717, 1.165) is 48.8 Å². The fourth-order valence-corrected chi connectivity index (χ4v) is 3.28. The van der Waals surface area contributed by atoms with Crippen molar-refractivity contribution in [3.63, 3.8) is 0 Å². The summed E-state index contributed by atoms with van der Waals surface area (Å²) in [6.45, 7) is 6.90. The fourth-order valence-electron chi connectivity index (χ4n) is 3.28. The summed E-state index contributed by atoms with van der Waals surface area (Å²) in [5.41, 5.74) is 2.18. The van der Waals surface area contributed by atoms with Crippen molar-refractivity contribution in [1.82, 2.24) is 10.2 Å². The first-order valence-electron chi connectivity index (χ1n) is 9.31. The van der Waals surface area contributed by atoms with E-state index in [4.69, 9.17) is 9.47 Å². The second-order valence-electron chi connectivity index (χ2n) is 6.40. The number of nitrogens with zero attached hydrogens (tertiary/aromatic N) is 1. The molecule has 1 atom stereocenters. The van der Waals surface area contributed by atoms with Crippen LogP contribution in [0.5, 0.6) is 11.5 Å². The highest BCUT2D eigenvalue weighted by atomic mass is 16.5. The van der Waals surface area contributed by atoms with Crippen molar-refractivity contribution in [1.29, 1.82) is 0 Å². The topological polar surface area (TPSA) is 54.0 Å². The lowest BCUT2D eigenvalue weighted by molar-refractivity contribution is 0.110. The van der Waals surface area contributed by atoms with Gasteiger partial charge in [-0.25, -0.2) is 0 Å². The minimum atomic E-state index is -0.0144. The Labute approximate surface area is 155 Å². The Kier molecular flexibility index (Phi) is 6.89. The van der Waals surface area contributed by atoms with Crippen LogP contribution in [-0.4, -0.2) is 49.4 Å². The summed E-state index contributed by atoms with van der Waals surface area (Å²) >= 11 is 0.